The van der Waals surface area contributed by atoms with E-state index in [0.29, 0.717) is 5.11 Å². The molecule has 4 nitrogen and oxygen atoms in total. The first-order chi connectivity index (χ1) is 9.54. The van der Waals surface area contributed by atoms with Crippen molar-refractivity contribution in [1.82, 2.24) is 10.3 Å². The summed E-state index contributed by atoms with van der Waals surface area (Å²) >= 11 is 7.00. The quantitative estimate of drug-likeness (QED) is 0.577. The largest absolute Gasteiger partial charge is 0.362 e. The van der Waals surface area contributed by atoms with Crippen molar-refractivity contribution in [3.05, 3.63) is 23.2 Å². The molecule has 1 aromatic heterocycles. The molecular weight excluding hydrogens is 288 g/mol. The van der Waals surface area contributed by atoms with Gasteiger partial charge in [0, 0.05) is 18.7 Å². The number of nitrogens with zero attached hydrogens (tertiary/aromatic N) is 1. The highest BCUT2D eigenvalue weighted by Crippen LogP contribution is 2.24. The first-order valence-electron chi connectivity index (χ1n) is 6.75. The van der Waals surface area contributed by atoms with Gasteiger partial charge in [-0.1, -0.05) is 0 Å². The van der Waals surface area contributed by atoms with Crippen molar-refractivity contribution in [3.63, 3.8) is 0 Å². The van der Waals surface area contributed by atoms with E-state index in [2.05, 4.69) is 35.8 Å². The van der Waals surface area contributed by atoms with Crippen LogP contribution in [0.1, 0.15) is 11.4 Å². The summed E-state index contributed by atoms with van der Waals surface area (Å²) in [5.41, 5.74) is 2.06. The minimum atomic E-state index is 0.680. The zero-order chi connectivity index (χ0) is 14.5. The molecule has 20 heavy (non-hydrogen) atoms. The van der Waals surface area contributed by atoms with Crippen LogP contribution in [0, 0.1) is 6.92 Å². The molecule has 0 fully saturated rings. The average Bonchev–Trinajstić information content (AvgIpc) is 2.74. The van der Waals surface area contributed by atoms with E-state index in [4.69, 9.17) is 12.2 Å². The monoisotopic (exact) mass is 309 g/mol. The SMILES string of the molecule is Cc1nc2ccc(NC(=S)NCCC[NH+](C)C)cc2s1. The summed E-state index contributed by atoms with van der Waals surface area (Å²) in [6, 6.07) is 6.14. The molecule has 2 aromatic rings. The van der Waals surface area contributed by atoms with Crippen molar-refractivity contribution >= 4 is 44.6 Å². The van der Waals surface area contributed by atoms with E-state index < -0.39 is 0 Å². The van der Waals surface area contributed by atoms with Gasteiger partial charge < -0.3 is 15.5 Å². The van der Waals surface area contributed by atoms with Crippen LogP contribution in [0.25, 0.3) is 10.2 Å². The van der Waals surface area contributed by atoms with Crippen LogP contribution in [0.15, 0.2) is 18.2 Å². The van der Waals surface area contributed by atoms with E-state index >= 15 is 0 Å². The Morgan fingerprint density at radius 2 is 2.20 bits per heavy atom. The first-order valence-corrected chi connectivity index (χ1v) is 7.98. The molecule has 0 bridgehead atoms. The van der Waals surface area contributed by atoms with Gasteiger partial charge in [-0.25, -0.2) is 4.98 Å². The molecule has 6 heteroatoms. The molecule has 0 radical (unpaired) electrons. The molecule has 0 atom stereocenters. The van der Waals surface area contributed by atoms with Gasteiger partial charge in [-0.15, -0.1) is 11.3 Å². The molecular formula is C14H21N4S2+. The summed E-state index contributed by atoms with van der Waals surface area (Å²) in [4.78, 5) is 5.91. The van der Waals surface area contributed by atoms with E-state index in [0.717, 1.165) is 35.7 Å². The minimum absolute atomic E-state index is 0.680. The number of quaternary nitrogens is 1. The zero-order valence-corrected chi connectivity index (χ0v) is 13.8. The Bertz CT molecular complexity index is 592. The number of anilines is 1. The van der Waals surface area contributed by atoms with E-state index in [1.54, 1.807) is 11.3 Å². The Hall–Kier alpha value is -1.24. The van der Waals surface area contributed by atoms with Gasteiger partial charge in [0.2, 0.25) is 0 Å². The predicted octanol–water partition coefficient (Wildman–Crippen LogP) is 1.43. The molecule has 0 spiro atoms. The summed E-state index contributed by atoms with van der Waals surface area (Å²) in [6.07, 6.45) is 1.11. The van der Waals surface area contributed by atoms with Crippen LogP contribution < -0.4 is 15.5 Å². The zero-order valence-electron chi connectivity index (χ0n) is 12.1. The molecule has 0 saturated heterocycles. The molecule has 1 aromatic carbocycles. The fourth-order valence-electron chi connectivity index (χ4n) is 1.94. The average molecular weight is 309 g/mol. The van der Waals surface area contributed by atoms with Crippen molar-refractivity contribution in [2.24, 2.45) is 0 Å². The summed E-state index contributed by atoms with van der Waals surface area (Å²) in [7, 11) is 4.31. The van der Waals surface area contributed by atoms with Crippen LogP contribution in [-0.4, -0.2) is 37.3 Å². The van der Waals surface area contributed by atoms with E-state index in [-0.39, 0.29) is 0 Å². The maximum atomic E-state index is 5.30. The van der Waals surface area contributed by atoms with Gasteiger partial charge in [0.1, 0.15) is 0 Å². The van der Waals surface area contributed by atoms with E-state index in [1.807, 2.05) is 19.1 Å². The summed E-state index contributed by atoms with van der Waals surface area (Å²) in [6.45, 7) is 4.07. The van der Waals surface area contributed by atoms with Crippen LogP contribution in [0.5, 0.6) is 0 Å². The highest BCUT2D eigenvalue weighted by atomic mass is 32.1. The lowest BCUT2D eigenvalue weighted by Crippen LogP contribution is -3.05. The number of thiazole rings is 1. The highest BCUT2D eigenvalue weighted by Gasteiger charge is 2.03. The Balaban J connectivity index is 1.86. The van der Waals surface area contributed by atoms with Crippen LogP contribution >= 0.6 is 23.6 Å². The summed E-state index contributed by atoms with van der Waals surface area (Å²) < 4.78 is 1.19. The highest BCUT2D eigenvalue weighted by molar-refractivity contribution is 7.80. The van der Waals surface area contributed by atoms with Gasteiger partial charge in [0.25, 0.3) is 0 Å². The lowest BCUT2D eigenvalue weighted by atomic mass is 10.3. The van der Waals surface area contributed by atoms with Gasteiger partial charge in [-0.3, -0.25) is 0 Å². The number of nitrogens with one attached hydrogen (secondary N) is 3. The molecule has 108 valence electrons. The van der Waals surface area contributed by atoms with E-state index in [9.17, 15) is 0 Å². The third-order valence-electron chi connectivity index (χ3n) is 2.89. The second kappa shape index (κ2) is 6.97. The number of rotatable bonds is 5. The lowest BCUT2D eigenvalue weighted by Gasteiger charge is -2.11. The van der Waals surface area contributed by atoms with Gasteiger partial charge in [-0.2, -0.15) is 0 Å². The van der Waals surface area contributed by atoms with Crippen molar-refractivity contribution in [3.8, 4) is 0 Å². The number of aromatic nitrogens is 1. The molecule has 0 aliphatic heterocycles. The van der Waals surface area contributed by atoms with Gasteiger partial charge in [0.05, 0.1) is 35.9 Å². The van der Waals surface area contributed by atoms with Gasteiger partial charge in [-0.05, 0) is 37.3 Å². The van der Waals surface area contributed by atoms with Crippen LogP contribution in [0.2, 0.25) is 0 Å². The molecule has 0 unspecified atom stereocenters. The molecule has 2 rings (SSSR count). The van der Waals surface area contributed by atoms with Gasteiger partial charge in [0.15, 0.2) is 5.11 Å². The Labute approximate surface area is 129 Å². The smallest absolute Gasteiger partial charge is 0.170 e. The van der Waals surface area contributed by atoms with Crippen LogP contribution in [0.3, 0.4) is 0 Å². The van der Waals surface area contributed by atoms with Gasteiger partial charge >= 0.3 is 0 Å². The topological polar surface area (TPSA) is 41.4 Å². The van der Waals surface area contributed by atoms with Crippen molar-refractivity contribution < 1.29 is 4.90 Å². The Morgan fingerprint density at radius 1 is 1.40 bits per heavy atom. The van der Waals surface area contributed by atoms with Crippen molar-refractivity contribution in [1.29, 1.82) is 0 Å². The second-order valence-electron chi connectivity index (χ2n) is 5.11. The Morgan fingerprint density at radius 3 is 2.95 bits per heavy atom. The third kappa shape index (κ3) is 4.40. The Kier molecular flexibility index (Phi) is 5.28. The minimum Gasteiger partial charge on any atom is -0.362 e. The maximum absolute atomic E-state index is 5.30. The normalized spacial score (nSPS) is 11.0. The fourth-order valence-corrected chi connectivity index (χ4v) is 3.02. The molecule has 1 heterocycles. The molecule has 0 amide bonds. The number of thiocarbonyl (C=S) groups is 1. The molecule has 0 saturated carbocycles. The first kappa shape index (κ1) is 15.2. The molecule has 0 aliphatic carbocycles. The van der Waals surface area contributed by atoms with Crippen LogP contribution in [0.4, 0.5) is 5.69 Å². The van der Waals surface area contributed by atoms with E-state index in [1.165, 1.54) is 9.60 Å². The van der Waals surface area contributed by atoms with Crippen LogP contribution in [-0.2, 0) is 0 Å². The third-order valence-corrected chi connectivity index (χ3v) is 4.07. The predicted molar refractivity (Wildman–Crippen MR) is 90.9 cm³/mol. The second-order valence-corrected chi connectivity index (χ2v) is 6.75. The summed E-state index contributed by atoms with van der Waals surface area (Å²) in [5, 5.41) is 8.23. The lowest BCUT2D eigenvalue weighted by molar-refractivity contribution is -0.858. The maximum Gasteiger partial charge on any atom is 0.170 e. The summed E-state index contributed by atoms with van der Waals surface area (Å²) in [5.74, 6) is 0. The molecule has 3 N–H and O–H groups in total. The fraction of sp³-hybridized carbons (Fsp3) is 0.429. The number of hydrogen-bond donors (Lipinski definition) is 3. The van der Waals surface area contributed by atoms with Crippen molar-refractivity contribution in [2.75, 3.05) is 32.5 Å². The van der Waals surface area contributed by atoms with Crippen molar-refractivity contribution in [2.45, 2.75) is 13.3 Å². The molecule has 0 aliphatic rings. The number of benzene rings is 1. The number of aryl methyl sites for hydroxylation is 1. The number of fused-ring (bicyclic) bond motifs is 1. The number of hydrogen-bond acceptors (Lipinski definition) is 3. The standard InChI is InChI=1S/C14H20N4S2/c1-10-16-12-6-5-11(9-13(12)20-10)17-14(19)15-7-4-8-18(2)3/h5-6,9H,4,7-8H2,1-3H3,(H2,15,17,19)/p+1.